The van der Waals surface area contributed by atoms with Crippen LogP contribution in [-0.4, -0.2) is 49.6 Å². The van der Waals surface area contributed by atoms with Crippen LogP contribution >= 0.6 is 0 Å². The van der Waals surface area contributed by atoms with Crippen LogP contribution in [0, 0.1) is 5.92 Å². The smallest absolute Gasteiger partial charge is 0.221 e. The first-order valence-electron chi connectivity index (χ1n) is 7.36. The number of nitrogens with zero attached hydrogens (tertiary/aromatic N) is 1. The molecule has 2 heterocycles. The van der Waals surface area contributed by atoms with Crippen molar-refractivity contribution >= 4 is 5.91 Å². The first-order valence-corrected chi connectivity index (χ1v) is 7.36. The number of amides is 1. The third-order valence-corrected chi connectivity index (χ3v) is 4.30. The van der Waals surface area contributed by atoms with E-state index in [-0.39, 0.29) is 5.91 Å². The van der Waals surface area contributed by atoms with Crippen LogP contribution < -0.4 is 10.6 Å². The van der Waals surface area contributed by atoms with Crippen LogP contribution in [0.15, 0.2) is 0 Å². The van der Waals surface area contributed by atoms with Crippen molar-refractivity contribution in [3.63, 3.8) is 0 Å². The molecular weight excluding hydrogens is 226 g/mol. The number of piperidine rings is 2. The molecule has 0 aromatic rings. The molecule has 2 aliphatic rings. The summed E-state index contributed by atoms with van der Waals surface area (Å²) in [7, 11) is 2.15. The number of hydrogen-bond acceptors (Lipinski definition) is 3. The van der Waals surface area contributed by atoms with Crippen LogP contribution in [0.2, 0.25) is 0 Å². The fraction of sp³-hybridized carbons (Fsp3) is 0.929. The van der Waals surface area contributed by atoms with Crippen molar-refractivity contribution < 1.29 is 4.79 Å². The van der Waals surface area contributed by atoms with Gasteiger partial charge in [0.15, 0.2) is 0 Å². The van der Waals surface area contributed by atoms with E-state index < -0.39 is 0 Å². The van der Waals surface area contributed by atoms with Gasteiger partial charge in [-0.3, -0.25) is 4.79 Å². The number of nitrogens with one attached hydrogen (secondary N) is 2. The molecule has 0 radical (unpaired) electrons. The van der Waals surface area contributed by atoms with E-state index in [4.69, 9.17) is 0 Å². The Kier molecular flexibility index (Phi) is 5.01. The Labute approximate surface area is 110 Å². The largest absolute Gasteiger partial charge is 0.353 e. The monoisotopic (exact) mass is 253 g/mol. The van der Waals surface area contributed by atoms with Gasteiger partial charge in [-0.25, -0.2) is 0 Å². The molecular formula is C14H27N3O. The van der Waals surface area contributed by atoms with Gasteiger partial charge in [0.05, 0.1) is 0 Å². The second-order valence-electron chi connectivity index (χ2n) is 6.05. The summed E-state index contributed by atoms with van der Waals surface area (Å²) in [6, 6.07) is 0.776. The molecule has 0 aromatic heterocycles. The van der Waals surface area contributed by atoms with Crippen molar-refractivity contribution in [2.45, 2.75) is 51.1 Å². The molecule has 3 unspecified atom stereocenters. The van der Waals surface area contributed by atoms with Crippen molar-refractivity contribution in [3.8, 4) is 0 Å². The van der Waals surface area contributed by atoms with Crippen LogP contribution in [0.4, 0.5) is 0 Å². The summed E-state index contributed by atoms with van der Waals surface area (Å²) in [6.45, 7) is 5.49. The molecule has 18 heavy (non-hydrogen) atoms. The minimum atomic E-state index is 0.232. The van der Waals surface area contributed by atoms with Gasteiger partial charge in [-0.05, 0) is 45.3 Å². The quantitative estimate of drug-likeness (QED) is 0.788. The highest BCUT2D eigenvalue weighted by Crippen LogP contribution is 2.16. The summed E-state index contributed by atoms with van der Waals surface area (Å²) in [6.07, 6.45) is 5.40. The summed E-state index contributed by atoms with van der Waals surface area (Å²) < 4.78 is 0. The molecule has 2 aliphatic heterocycles. The number of rotatable bonds is 3. The molecule has 0 aliphatic carbocycles. The maximum Gasteiger partial charge on any atom is 0.221 e. The number of carbonyl (C=O) groups excluding carboxylic acids is 1. The van der Waals surface area contributed by atoms with Crippen molar-refractivity contribution in [3.05, 3.63) is 0 Å². The standard InChI is InChI=1S/C14H27N3O/c1-11-10-17(2)8-6-13(11)16-14(18)9-12-5-3-4-7-15-12/h11-13,15H,3-10H2,1-2H3,(H,16,18). The van der Waals surface area contributed by atoms with Crippen molar-refractivity contribution in [2.24, 2.45) is 5.92 Å². The minimum absolute atomic E-state index is 0.232. The first kappa shape index (κ1) is 13.8. The predicted octanol–water partition coefficient (Wildman–Crippen LogP) is 0.975. The lowest BCUT2D eigenvalue weighted by Crippen LogP contribution is -2.50. The van der Waals surface area contributed by atoms with Crippen LogP contribution in [0.5, 0.6) is 0 Å². The van der Waals surface area contributed by atoms with Crippen molar-refractivity contribution in [1.29, 1.82) is 0 Å². The van der Waals surface area contributed by atoms with E-state index in [2.05, 4.69) is 29.5 Å². The van der Waals surface area contributed by atoms with Gasteiger partial charge in [-0.1, -0.05) is 13.3 Å². The van der Waals surface area contributed by atoms with E-state index in [1.165, 1.54) is 12.8 Å². The average molecular weight is 253 g/mol. The maximum atomic E-state index is 12.0. The summed E-state index contributed by atoms with van der Waals surface area (Å²) in [4.78, 5) is 14.4. The Bertz CT molecular complexity index is 276. The Hall–Kier alpha value is -0.610. The molecule has 3 atom stereocenters. The van der Waals surface area contributed by atoms with Crippen LogP contribution in [0.25, 0.3) is 0 Å². The predicted molar refractivity (Wildman–Crippen MR) is 73.5 cm³/mol. The zero-order valence-corrected chi connectivity index (χ0v) is 11.7. The summed E-state index contributed by atoms with van der Waals surface area (Å²) in [5, 5.41) is 6.67. The molecule has 2 saturated heterocycles. The molecule has 104 valence electrons. The van der Waals surface area contributed by atoms with Crippen LogP contribution in [-0.2, 0) is 4.79 Å². The second-order valence-corrected chi connectivity index (χ2v) is 6.05. The van der Waals surface area contributed by atoms with Gasteiger partial charge in [0.2, 0.25) is 5.91 Å². The normalized spacial score (nSPS) is 34.2. The van der Waals surface area contributed by atoms with Gasteiger partial charge in [-0.2, -0.15) is 0 Å². The van der Waals surface area contributed by atoms with E-state index >= 15 is 0 Å². The molecule has 2 fully saturated rings. The molecule has 0 saturated carbocycles. The van der Waals surface area contributed by atoms with Crippen LogP contribution in [0.1, 0.15) is 39.0 Å². The average Bonchev–Trinajstić information content (AvgIpc) is 2.34. The third-order valence-electron chi connectivity index (χ3n) is 4.30. The van der Waals surface area contributed by atoms with E-state index in [0.717, 1.165) is 32.5 Å². The molecule has 1 amide bonds. The molecule has 0 spiro atoms. The van der Waals surface area contributed by atoms with E-state index in [1.807, 2.05) is 0 Å². The van der Waals surface area contributed by atoms with Gasteiger partial charge in [-0.15, -0.1) is 0 Å². The Morgan fingerprint density at radius 2 is 2.22 bits per heavy atom. The Morgan fingerprint density at radius 1 is 1.39 bits per heavy atom. The molecule has 2 N–H and O–H groups in total. The highest BCUT2D eigenvalue weighted by molar-refractivity contribution is 5.77. The van der Waals surface area contributed by atoms with Gasteiger partial charge in [0, 0.05) is 25.0 Å². The van der Waals surface area contributed by atoms with Gasteiger partial charge >= 0.3 is 0 Å². The summed E-state index contributed by atoms with van der Waals surface area (Å²) in [5.74, 6) is 0.794. The van der Waals surface area contributed by atoms with E-state index in [9.17, 15) is 4.79 Å². The third kappa shape index (κ3) is 3.95. The highest BCUT2D eigenvalue weighted by atomic mass is 16.1. The second kappa shape index (κ2) is 6.53. The first-order chi connectivity index (χ1) is 8.65. The minimum Gasteiger partial charge on any atom is -0.353 e. The number of likely N-dealkylation sites (tertiary alicyclic amines) is 1. The van der Waals surface area contributed by atoms with Crippen molar-refractivity contribution in [2.75, 3.05) is 26.7 Å². The molecule has 4 heteroatoms. The Balaban J connectivity index is 1.73. The zero-order chi connectivity index (χ0) is 13.0. The Morgan fingerprint density at radius 3 is 2.89 bits per heavy atom. The summed E-state index contributed by atoms with van der Waals surface area (Å²) in [5.41, 5.74) is 0. The topological polar surface area (TPSA) is 44.4 Å². The highest BCUT2D eigenvalue weighted by Gasteiger charge is 2.26. The molecule has 2 rings (SSSR count). The van der Waals surface area contributed by atoms with E-state index in [0.29, 0.717) is 24.4 Å². The fourth-order valence-electron chi connectivity index (χ4n) is 3.16. The molecule has 4 nitrogen and oxygen atoms in total. The van der Waals surface area contributed by atoms with E-state index in [1.54, 1.807) is 0 Å². The molecule has 0 aromatic carbocycles. The fourth-order valence-corrected chi connectivity index (χ4v) is 3.16. The van der Waals surface area contributed by atoms with Gasteiger partial charge in [0.25, 0.3) is 0 Å². The van der Waals surface area contributed by atoms with Crippen LogP contribution in [0.3, 0.4) is 0 Å². The van der Waals surface area contributed by atoms with Gasteiger partial charge in [0.1, 0.15) is 0 Å². The molecule has 0 bridgehead atoms. The van der Waals surface area contributed by atoms with Gasteiger partial charge < -0.3 is 15.5 Å². The maximum absolute atomic E-state index is 12.0. The lowest BCUT2D eigenvalue weighted by molar-refractivity contribution is -0.123. The lowest BCUT2D eigenvalue weighted by atomic mass is 9.93. The summed E-state index contributed by atoms with van der Waals surface area (Å²) >= 11 is 0. The lowest BCUT2D eigenvalue weighted by Gasteiger charge is -2.35. The zero-order valence-electron chi connectivity index (χ0n) is 11.7. The number of carbonyl (C=O) groups is 1. The van der Waals surface area contributed by atoms with Crippen molar-refractivity contribution in [1.82, 2.24) is 15.5 Å². The number of hydrogen-bond donors (Lipinski definition) is 2. The SMILES string of the molecule is CC1CN(C)CCC1NC(=O)CC1CCCCN1.